The average molecular weight is 369 g/mol. The lowest BCUT2D eigenvalue weighted by Gasteiger charge is -2.26. The Morgan fingerprint density at radius 3 is 2.26 bits per heavy atom. The molecule has 1 aliphatic rings. The average Bonchev–Trinajstić information content (AvgIpc) is 2.87. The highest BCUT2D eigenvalue weighted by Crippen LogP contribution is 2.39. The molecular weight excluding hydrogens is 349 g/mol. The molecule has 3 rings (SSSR count). The zero-order chi connectivity index (χ0) is 19.7. The van der Waals surface area contributed by atoms with Crippen LogP contribution in [0.3, 0.4) is 0 Å². The molecule has 2 N–H and O–H groups in total. The zero-order valence-electron chi connectivity index (χ0n) is 15.0. The first kappa shape index (κ1) is 18.8. The first-order chi connectivity index (χ1) is 12.8. The van der Waals surface area contributed by atoms with Gasteiger partial charge in [-0.3, -0.25) is 9.59 Å². The van der Waals surface area contributed by atoms with Gasteiger partial charge in [0.05, 0.1) is 17.7 Å². The van der Waals surface area contributed by atoms with Gasteiger partial charge < -0.3 is 15.1 Å². The van der Waals surface area contributed by atoms with Gasteiger partial charge in [0.15, 0.2) is 0 Å². The molecule has 1 saturated heterocycles. The number of carbonyl (C=O) groups excluding carboxylic acids is 2. The molecule has 140 valence electrons. The van der Waals surface area contributed by atoms with Crippen molar-refractivity contribution in [1.29, 1.82) is 0 Å². The molecule has 0 saturated carbocycles. The second-order valence-corrected chi connectivity index (χ2v) is 6.72. The Balaban J connectivity index is 2.17. The molecule has 2 atom stereocenters. The van der Waals surface area contributed by atoms with Gasteiger partial charge in [-0.25, -0.2) is 4.39 Å². The van der Waals surface area contributed by atoms with Crippen LogP contribution in [0.15, 0.2) is 54.1 Å². The normalized spacial score (nSPS) is 20.1. The van der Waals surface area contributed by atoms with Gasteiger partial charge >= 0.3 is 0 Å². The van der Waals surface area contributed by atoms with Crippen LogP contribution in [-0.2, 0) is 9.59 Å². The van der Waals surface area contributed by atoms with Crippen molar-refractivity contribution in [3.8, 4) is 0 Å². The monoisotopic (exact) mass is 369 g/mol. The zero-order valence-corrected chi connectivity index (χ0v) is 15.0. The predicted molar refractivity (Wildman–Crippen MR) is 98.3 cm³/mol. The van der Waals surface area contributed by atoms with Gasteiger partial charge in [-0.2, -0.15) is 0 Å². The lowest BCUT2D eigenvalue weighted by atomic mass is 9.95. The van der Waals surface area contributed by atoms with E-state index < -0.39 is 29.7 Å². The van der Waals surface area contributed by atoms with E-state index in [1.807, 2.05) is 6.92 Å². The Morgan fingerprint density at radius 2 is 1.70 bits per heavy atom. The number of likely N-dealkylation sites (tertiary alicyclic amines) is 1. The lowest BCUT2D eigenvalue weighted by molar-refractivity contribution is -0.140. The third-order valence-corrected chi connectivity index (χ3v) is 4.51. The van der Waals surface area contributed by atoms with Crippen LogP contribution in [0.5, 0.6) is 0 Å². The van der Waals surface area contributed by atoms with Gasteiger partial charge in [0.1, 0.15) is 11.6 Å². The number of aliphatic hydroxyl groups excluding tert-OH is 2. The highest BCUT2D eigenvalue weighted by atomic mass is 19.1. The molecule has 2 aromatic rings. The van der Waals surface area contributed by atoms with Crippen LogP contribution in [0.1, 0.15) is 29.7 Å². The molecule has 0 bridgehead atoms. The number of amides is 1. The topological polar surface area (TPSA) is 77.8 Å². The molecule has 1 aliphatic heterocycles. The second-order valence-electron chi connectivity index (χ2n) is 6.72. The smallest absolute Gasteiger partial charge is 0.295 e. The van der Waals surface area contributed by atoms with Gasteiger partial charge in [0.2, 0.25) is 0 Å². The first-order valence-electron chi connectivity index (χ1n) is 8.58. The van der Waals surface area contributed by atoms with E-state index in [0.29, 0.717) is 11.1 Å². The molecule has 5 nitrogen and oxygen atoms in total. The standard InChI is InChI=1S/C21H20FNO4/c1-12-3-5-15(6-4-12)19(25)17-18(14-7-9-16(22)10-8-14)23(11-13(2)24)21(27)20(17)26/h3-10,13,18,24-25H,11H2,1-2H3/t13-,18-/m1/s1. The maximum atomic E-state index is 13.3. The van der Waals surface area contributed by atoms with Crippen molar-refractivity contribution in [2.24, 2.45) is 0 Å². The van der Waals surface area contributed by atoms with Crippen LogP contribution in [0.4, 0.5) is 4.39 Å². The van der Waals surface area contributed by atoms with Gasteiger partial charge in [-0.15, -0.1) is 0 Å². The minimum Gasteiger partial charge on any atom is -0.507 e. The highest BCUT2D eigenvalue weighted by Gasteiger charge is 2.46. The van der Waals surface area contributed by atoms with Crippen molar-refractivity contribution >= 4 is 17.4 Å². The number of hydrogen-bond acceptors (Lipinski definition) is 4. The molecular formula is C21H20FNO4. The third kappa shape index (κ3) is 3.61. The summed E-state index contributed by atoms with van der Waals surface area (Å²) in [6.07, 6.45) is -0.870. The van der Waals surface area contributed by atoms with Crippen molar-refractivity contribution < 1.29 is 24.2 Å². The number of rotatable bonds is 4. The summed E-state index contributed by atoms with van der Waals surface area (Å²) in [5.74, 6) is -2.39. The number of Topliss-reactive ketones (excluding diaryl/α,β-unsaturated/α-hetero) is 1. The number of ketones is 1. The predicted octanol–water partition coefficient (Wildman–Crippen LogP) is 2.94. The summed E-state index contributed by atoms with van der Waals surface area (Å²) in [6.45, 7) is 3.31. The summed E-state index contributed by atoms with van der Waals surface area (Å²) in [5, 5.41) is 20.5. The van der Waals surface area contributed by atoms with E-state index in [1.165, 1.54) is 36.1 Å². The summed E-state index contributed by atoms with van der Waals surface area (Å²) >= 11 is 0. The molecule has 2 aromatic carbocycles. The maximum absolute atomic E-state index is 13.3. The highest BCUT2D eigenvalue weighted by molar-refractivity contribution is 6.46. The Bertz CT molecular complexity index is 901. The van der Waals surface area contributed by atoms with Crippen molar-refractivity contribution in [1.82, 2.24) is 4.90 Å². The molecule has 0 spiro atoms. The summed E-state index contributed by atoms with van der Waals surface area (Å²) < 4.78 is 13.3. The van der Waals surface area contributed by atoms with Gasteiger partial charge in [0, 0.05) is 12.1 Å². The minimum absolute atomic E-state index is 0.0730. The van der Waals surface area contributed by atoms with Crippen LogP contribution in [-0.4, -0.2) is 39.5 Å². The van der Waals surface area contributed by atoms with E-state index in [-0.39, 0.29) is 17.9 Å². The quantitative estimate of drug-likeness (QED) is 0.493. The first-order valence-corrected chi connectivity index (χ1v) is 8.58. The molecule has 1 amide bonds. The van der Waals surface area contributed by atoms with Crippen LogP contribution in [0.25, 0.3) is 5.76 Å². The molecule has 1 heterocycles. The number of aryl methyl sites for hydroxylation is 1. The van der Waals surface area contributed by atoms with E-state index in [0.717, 1.165) is 5.56 Å². The summed E-state index contributed by atoms with van der Waals surface area (Å²) in [5.41, 5.74) is 1.79. The van der Waals surface area contributed by atoms with Crippen molar-refractivity contribution in [3.05, 3.63) is 76.6 Å². The Hall–Kier alpha value is -2.99. The Morgan fingerprint density at radius 1 is 1.11 bits per heavy atom. The fourth-order valence-electron chi connectivity index (χ4n) is 3.21. The van der Waals surface area contributed by atoms with Crippen molar-refractivity contribution in [3.63, 3.8) is 0 Å². The van der Waals surface area contributed by atoms with Crippen LogP contribution >= 0.6 is 0 Å². The minimum atomic E-state index is -0.901. The van der Waals surface area contributed by atoms with Crippen molar-refractivity contribution in [2.45, 2.75) is 26.0 Å². The Kier molecular flexibility index (Phi) is 5.10. The molecule has 27 heavy (non-hydrogen) atoms. The second kappa shape index (κ2) is 7.32. The van der Waals surface area contributed by atoms with Gasteiger partial charge in [-0.05, 0) is 31.5 Å². The van der Waals surface area contributed by atoms with E-state index in [1.54, 1.807) is 24.3 Å². The number of hydrogen-bond donors (Lipinski definition) is 2. The molecule has 1 fully saturated rings. The van der Waals surface area contributed by atoms with Crippen molar-refractivity contribution in [2.75, 3.05) is 6.54 Å². The van der Waals surface area contributed by atoms with Crippen LogP contribution in [0.2, 0.25) is 0 Å². The number of aliphatic hydroxyl groups is 2. The molecule has 6 heteroatoms. The lowest BCUT2D eigenvalue weighted by Crippen LogP contribution is -2.35. The fourth-order valence-corrected chi connectivity index (χ4v) is 3.21. The SMILES string of the molecule is Cc1ccc(C(O)=C2C(=O)C(=O)N(C[C@@H](C)O)[C@@H]2c2ccc(F)cc2)cc1. The number of halogens is 1. The summed E-state index contributed by atoms with van der Waals surface area (Å²) in [6, 6.07) is 11.4. The molecule has 0 aliphatic carbocycles. The summed E-state index contributed by atoms with van der Waals surface area (Å²) in [7, 11) is 0. The fraction of sp³-hybridized carbons (Fsp3) is 0.238. The third-order valence-electron chi connectivity index (χ3n) is 4.51. The summed E-state index contributed by atoms with van der Waals surface area (Å²) in [4.78, 5) is 26.4. The van der Waals surface area contributed by atoms with E-state index in [4.69, 9.17) is 0 Å². The largest absolute Gasteiger partial charge is 0.507 e. The van der Waals surface area contributed by atoms with E-state index in [9.17, 15) is 24.2 Å². The number of nitrogens with zero attached hydrogens (tertiary/aromatic N) is 1. The van der Waals surface area contributed by atoms with Crippen LogP contribution < -0.4 is 0 Å². The van der Waals surface area contributed by atoms with Gasteiger partial charge in [-0.1, -0.05) is 42.0 Å². The van der Waals surface area contributed by atoms with E-state index >= 15 is 0 Å². The molecule has 0 unspecified atom stereocenters. The van der Waals surface area contributed by atoms with Gasteiger partial charge in [0.25, 0.3) is 11.7 Å². The molecule has 0 radical (unpaired) electrons. The maximum Gasteiger partial charge on any atom is 0.295 e. The number of carbonyl (C=O) groups is 2. The van der Waals surface area contributed by atoms with Crippen LogP contribution in [0, 0.1) is 12.7 Å². The Labute approximate surface area is 156 Å². The molecule has 0 aromatic heterocycles. The number of β-amino-alcohol motifs (C(OH)–C–C–N with tert-alkyl or cyclic N) is 1. The number of benzene rings is 2. The van der Waals surface area contributed by atoms with E-state index in [2.05, 4.69) is 0 Å².